The van der Waals surface area contributed by atoms with Crippen LogP contribution in [-0.4, -0.2) is 29.3 Å². The maximum absolute atomic E-state index is 12.1. The van der Waals surface area contributed by atoms with Gasteiger partial charge in [0.15, 0.2) is 11.5 Å². The predicted octanol–water partition coefficient (Wildman–Crippen LogP) is 1.03. The van der Waals surface area contributed by atoms with Gasteiger partial charge in [-0.05, 0) is 30.7 Å². The number of aromatic nitrogens is 2. The number of carbonyl (C=O) groups excluding carboxylic acids is 1. The molecule has 2 N–H and O–H groups in total. The number of fused-ring (bicyclic) bond motifs is 1. The number of H-pyrrole nitrogens is 1. The van der Waals surface area contributed by atoms with Crippen LogP contribution in [0.3, 0.4) is 0 Å². The van der Waals surface area contributed by atoms with Crippen LogP contribution in [0.2, 0.25) is 0 Å². The van der Waals surface area contributed by atoms with E-state index < -0.39 is 0 Å². The molecule has 22 heavy (non-hydrogen) atoms. The van der Waals surface area contributed by atoms with E-state index in [4.69, 9.17) is 9.47 Å². The van der Waals surface area contributed by atoms with E-state index in [0.717, 1.165) is 5.56 Å². The van der Waals surface area contributed by atoms with Crippen molar-refractivity contribution in [2.45, 2.75) is 13.0 Å². The topological polar surface area (TPSA) is 93.3 Å². The first-order chi connectivity index (χ1) is 10.6. The van der Waals surface area contributed by atoms with Crippen molar-refractivity contribution in [3.63, 3.8) is 0 Å². The Bertz CT molecular complexity index is 736. The average molecular weight is 301 g/mol. The van der Waals surface area contributed by atoms with Crippen LogP contribution < -0.4 is 20.3 Å². The summed E-state index contributed by atoms with van der Waals surface area (Å²) in [4.78, 5) is 23.0. The molecule has 2 aromatic rings. The minimum absolute atomic E-state index is 0.156. The van der Waals surface area contributed by atoms with Crippen LogP contribution in [0, 0.1) is 0 Å². The van der Waals surface area contributed by atoms with Crippen molar-refractivity contribution in [3.05, 3.63) is 51.9 Å². The number of benzene rings is 1. The number of nitrogens with zero attached hydrogens (tertiary/aromatic N) is 1. The van der Waals surface area contributed by atoms with Gasteiger partial charge in [-0.2, -0.15) is 5.10 Å². The highest BCUT2D eigenvalue weighted by Gasteiger charge is 2.17. The zero-order valence-electron chi connectivity index (χ0n) is 12.0. The smallest absolute Gasteiger partial charge is 0.272 e. The molecule has 1 aromatic heterocycles. The van der Waals surface area contributed by atoms with Crippen LogP contribution in [0.15, 0.2) is 35.1 Å². The quantitative estimate of drug-likeness (QED) is 0.883. The largest absolute Gasteiger partial charge is 0.486 e. The van der Waals surface area contributed by atoms with Gasteiger partial charge in [0, 0.05) is 6.07 Å². The van der Waals surface area contributed by atoms with Gasteiger partial charge in [0.2, 0.25) is 0 Å². The van der Waals surface area contributed by atoms with Crippen LogP contribution in [0.25, 0.3) is 0 Å². The number of hydrogen-bond donors (Lipinski definition) is 2. The number of nitrogens with one attached hydrogen (secondary N) is 2. The first-order valence-corrected chi connectivity index (χ1v) is 6.89. The van der Waals surface area contributed by atoms with E-state index in [9.17, 15) is 9.59 Å². The molecule has 0 bridgehead atoms. The molecule has 0 unspecified atom stereocenters. The molecule has 0 spiro atoms. The number of hydrogen-bond acceptors (Lipinski definition) is 5. The van der Waals surface area contributed by atoms with E-state index in [-0.39, 0.29) is 23.2 Å². The lowest BCUT2D eigenvalue weighted by Crippen LogP contribution is -2.28. The molecule has 0 saturated carbocycles. The molecule has 0 fully saturated rings. The second kappa shape index (κ2) is 5.88. The second-order valence-electron chi connectivity index (χ2n) is 4.90. The van der Waals surface area contributed by atoms with Crippen LogP contribution in [0.5, 0.6) is 11.5 Å². The molecule has 1 aliphatic rings. The Morgan fingerprint density at radius 3 is 2.73 bits per heavy atom. The van der Waals surface area contributed by atoms with Gasteiger partial charge >= 0.3 is 0 Å². The highest BCUT2D eigenvalue weighted by atomic mass is 16.6. The molecule has 1 atom stereocenters. The van der Waals surface area contributed by atoms with E-state index in [0.29, 0.717) is 24.7 Å². The van der Waals surface area contributed by atoms with E-state index in [1.54, 1.807) is 0 Å². The first kappa shape index (κ1) is 14.1. The number of aromatic amines is 1. The Labute approximate surface area is 126 Å². The Morgan fingerprint density at radius 2 is 2.00 bits per heavy atom. The summed E-state index contributed by atoms with van der Waals surface area (Å²) >= 11 is 0. The molecule has 7 heteroatoms. The van der Waals surface area contributed by atoms with Crippen LogP contribution in [-0.2, 0) is 0 Å². The standard InChI is InChI=1S/C15H15N3O4/c1-9(16-15(20)11-3-5-14(19)18-17-11)10-2-4-12-13(8-10)22-7-6-21-12/h2-5,8-9H,6-7H2,1H3,(H,16,20)(H,18,19)/t9-/m0/s1. The highest BCUT2D eigenvalue weighted by Crippen LogP contribution is 2.32. The summed E-state index contributed by atoms with van der Waals surface area (Å²) in [6.07, 6.45) is 0. The molecule has 2 heterocycles. The second-order valence-corrected chi connectivity index (χ2v) is 4.90. The molecule has 7 nitrogen and oxygen atoms in total. The lowest BCUT2D eigenvalue weighted by Gasteiger charge is -2.21. The van der Waals surface area contributed by atoms with E-state index in [2.05, 4.69) is 15.5 Å². The Balaban J connectivity index is 1.73. The van der Waals surface area contributed by atoms with Crippen molar-refractivity contribution in [3.8, 4) is 11.5 Å². The fourth-order valence-corrected chi connectivity index (χ4v) is 2.15. The molecule has 114 valence electrons. The summed E-state index contributed by atoms with van der Waals surface area (Å²) in [5.41, 5.74) is 0.697. The lowest BCUT2D eigenvalue weighted by molar-refractivity contribution is 0.0933. The number of carbonyl (C=O) groups is 1. The third kappa shape index (κ3) is 2.93. The van der Waals surface area contributed by atoms with Gasteiger partial charge in [0.05, 0.1) is 6.04 Å². The lowest BCUT2D eigenvalue weighted by atomic mass is 10.1. The molecule has 0 radical (unpaired) electrons. The summed E-state index contributed by atoms with van der Waals surface area (Å²) in [5, 5.41) is 8.75. The molecule has 1 aromatic carbocycles. The normalized spacial score (nSPS) is 14.2. The Morgan fingerprint density at radius 1 is 1.23 bits per heavy atom. The minimum Gasteiger partial charge on any atom is -0.486 e. The van der Waals surface area contributed by atoms with Crippen molar-refractivity contribution in [2.24, 2.45) is 0 Å². The third-order valence-corrected chi connectivity index (χ3v) is 3.33. The highest BCUT2D eigenvalue weighted by molar-refractivity contribution is 5.92. The van der Waals surface area contributed by atoms with Gasteiger partial charge in [-0.3, -0.25) is 9.59 Å². The van der Waals surface area contributed by atoms with Crippen molar-refractivity contribution < 1.29 is 14.3 Å². The fourth-order valence-electron chi connectivity index (χ4n) is 2.15. The van der Waals surface area contributed by atoms with Gasteiger partial charge in [-0.25, -0.2) is 5.10 Å². The summed E-state index contributed by atoms with van der Waals surface area (Å²) in [6, 6.07) is 7.95. The van der Waals surface area contributed by atoms with Gasteiger partial charge in [0.1, 0.15) is 18.9 Å². The number of rotatable bonds is 3. The summed E-state index contributed by atoms with van der Waals surface area (Å²) in [6.45, 7) is 2.91. The van der Waals surface area contributed by atoms with Gasteiger partial charge in [-0.15, -0.1) is 0 Å². The van der Waals surface area contributed by atoms with Gasteiger partial charge in [0.25, 0.3) is 11.5 Å². The van der Waals surface area contributed by atoms with Crippen LogP contribution in [0.4, 0.5) is 0 Å². The molecular weight excluding hydrogens is 286 g/mol. The van der Waals surface area contributed by atoms with Crippen molar-refractivity contribution in [1.82, 2.24) is 15.5 Å². The van der Waals surface area contributed by atoms with E-state index >= 15 is 0 Å². The third-order valence-electron chi connectivity index (χ3n) is 3.33. The number of amides is 1. The van der Waals surface area contributed by atoms with E-state index in [1.165, 1.54) is 12.1 Å². The molecule has 0 saturated heterocycles. The fraction of sp³-hybridized carbons (Fsp3) is 0.267. The Hall–Kier alpha value is -2.83. The van der Waals surface area contributed by atoms with Crippen molar-refractivity contribution >= 4 is 5.91 Å². The number of ether oxygens (including phenoxy) is 2. The minimum atomic E-state index is -0.362. The summed E-state index contributed by atoms with van der Waals surface area (Å²) in [7, 11) is 0. The van der Waals surface area contributed by atoms with Crippen molar-refractivity contribution in [2.75, 3.05) is 13.2 Å². The Kier molecular flexibility index (Phi) is 3.78. The predicted molar refractivity (Wildman–Crippen MR) is 78.2 cm³/mol. The molecule has 0 aliphatic carbocycles. The maximum Gasteiger partial charge on any atom is 0.272 e. The SMILES string of the molecule is C[C@H](NC(=O)c1ccc(=O)[nH]n1)c1ccc2c(c1)OCCO2. The monoisotopic (exact) mass is 301 g/mol. The zero-order valence-corrected chi connectivity index (χ0v) is 12.0. The van der Waals surface area contributed by atoms with E-state index in [1.807, 2.05) is 25.1 Å². The van der Waals surface area contributed by atoms with Gasteiger partial charge in [-0.1, -0.05) is 6.07 Å². The summed E-state index contributed by atoms with van der Waals surface area (Å²) in [5.74, 6) is 1.02. The summed E-state index contributed by atoms with van der Waals surface area (Å²) < 4.78 is 11.0. The van der Waals surface area contributed by atoms with Crippen molar-refractivity contribution in [1.29, 1.82) is 0 Å². The zero-order chi connectivity index (χ0) is 15.5. The average Bonchev–Trinajstić information content (AvgIpc) is 2.55. The molecule has 1 amide bonds. The van der Waals surface area contributed by atoms with Gasteiger partial charge < -0.3 is 14.8 Å². The van der Waals surface area contributed by atoms with Crippen LogP contribution in [0.1, 0.15) is 29.0 Å². The van der Waals surface area contributed by atoms with Crippen LogP contribution >= 0.6 is 0 Å². The molecule has 1 aliphatic heterocycles. The maximum atomic E-state index is 12.1. The molecular formula is C15H15N3O4. The molecule has 3 rings (SSSR count). The first-order valence-electron chi connectivity index (χ1n) is 6.89.